The Kier molecular flexibility index (Phi) is 15.5. The summed E-state index contributed by atoms with van der Waals surface area (Å²) in [6, 6.07) is -0.600. The molecule has 10 heteroatoms. The predicted molar refractivity (Wildman–Crippen MR) is 131 cm³/mol. The molecule has 0 spiro atoms. The lowest BCUT2D eigenvalue weighted by Crippen LogP contribution is -2.52. The second kappa shape index (κ2) is 17.2. The Morgan fingerprint density at radius 2 is 1.79 bits per heavy atom. The average Bonchev–Trinajstić information content (AvgIpc) is 2.79. The molecule has 4 atom stereocenters. The lowest BCUT2D eigenvalue weighted by Gasteiger charge is -2.34. The molecule has 1 fully saturated rings. The highest BCUT2D eigenvalue weighted by molar-refractivity contribution is 5.81. The molecule has 1 saturated heterocycles. The molecule has 1 rings (SSSR count). The van der Waals surface area contributed by atoms with Gasteiger partial charge in [-0.2, -0.15) is 0 Å². The van der Waals surface area contributed by atoms with Crippen LogP contribution in [0, 0.1) is 5.92 Å². The summed E-state index contributed by atoms with van der Waals surface area (Å²) < 4.78 is 11.5. The number of aliphatic hydroxyl groups excluding tert-OH is 2. The molecule has 200 valence electrons. The highest BCUT2D eigenvalue weighted by Crippen LogP contribution is 2.13. The van der Waals surface area contributed by atoms with E-state index >= 15 is 0 Å². The minimum absolute atomic E-state index is 0.0278. The monoisotopic (exact) mass is 488 g/mol. The zero-order chi connectivity index (χ0) is 25.5. The molecule has 0 aromatic rings. The molecule has 0 unspecified atom stereocenters. The minimum atomic E-state index is -1.20. The maximum absolute atomic E-state index is 13.0. The molecule has 0 aliphatic carbocycles. The van der Waals surface area contributed by atoms with Crippen LogP contribution in [0.15, 0.2) is 0 Å². The van der Waals surface area contributed by atoms with E-state index in [1.54, 1.807) is 9.80 Å². The van der Waals surface area contributed by atoms with E-state index < -0.39 is 24.4 Å². The number of unbranched alkanes of at least 4 members (excludes halogenated alkanes) is 1. The van der Waals surface area contributed by atoms with Crippen molar-refractivity contribution in [3.05, 3.63) is 0 Å². The van der Waals surface area contributed by atoms with Gasteiger partial charge >= 0.3 is 0 Å². The average molecular weight is 489 g/mol. The molecule has 0 bridgehead atoms. The van der Waals surface area contributed by atoms with Gasteiger partial charge in [-0.15, -0.1) is 0 Å². The summed E-state index contributed by atoms with van der Waals surface area (Å²) in [6.07, 6.45) is 1.29. The Balaban J connectivity index is 2.95. The molecule has 0 aromatic heterocycles. The summed E-state index contributed by atoms with van der Waals surface area (Å²) in [5.41, 5.74) is 11.7. The summed E-state index contributed by atoms with van der Waals surface area (Å²) in [4.78, 5) is 28.7. The van der Waals surface area contributed by atoms with Crippen molar-refractivity contribution in [3.8, 4) is 0 Å². The largest absolute Gasteiger partial charge is 0.388 e. The maximum atomic E-state index is 13.0. The molecule has 0 saturated carbocycles. The Labute approximate surface area is 204 Å². The van der Waals surface area contributed by atoms with Crippen molar-refractivity contribution in [2.45, 2.75) is 83.6 Å². The van der Waals surface area contributed by atoms with E-state index in [1.807, 2.05) is 0 Å². The van der Waals surface area contributed by atoms with Gasteiger partial charge in [-0.3, -0.25) is 9.59 Å². The molecule has 34 heavy (non-hydrogen) atoms. The van der Waals surface area contributed by atoms with Gasteiger partial charge in [0.2, 0.25) is 11.8 Å². The molecular weight excluding hydrogens is 440 g/mol. The van der Waals surface area contributed by atoms with E-state index in [-0.39, 0.29) is 25.0 Å². The number of nitrogens with two attached hydrogens (primary N) is 2. The van der Waals surface area contributed by atoms with Crippen LogP contribution in [0.2, 0.25) is 0 Å². The summed E-state index contributed by atoms with van der Waals surface area (Å²) in [7, 11) is 0. The fraction of sp³-hybridized carbons (Fsp3) is 0.917. The van der Waals surface area contributed by atoms with Crippen LogP contribution in [0.1, 0.15) is 59.3 Å². The Morgan fingerprint density at radius 3 is 2.44 bits per heavy atom. The first kappa shape index (κ1) is 30.7. The van der Waals surface area contributed by atoms with Crippen molar-refractivity contribution in [1.29, 1.82) is 0 Å². The first-order chi connectivity index (χ1) is 16.2. The second-order valence-corrected chi connectivity index (χ2v) is 9.61. The number of carbonyl (C=O) groups is 2. The normalized spacial score (nSPS) is 24.6. The molecule has 0 aromatic carbocycles. The Hall–Kier alpha value is -1.30. The third-order valence-corrected chi connectivity index (χ3v) is 6.14. The molecule has 1 heterocycles. The van der Waals surface area contributed by atoms with Crippen LogP contribution in [-0.4, -0.2) is 109 Å². The number of hydrogen-bond donors (Lipinski definition) is 4. The summed E-state index contributed by atoms with van der Waals surface area (Å²) in [5.74, 6) is 0.0947. The smallest absolute Gasteiger partial charge is 0.239 e. The van der Waals surface area contributed by atoms with Gasteiger partial charge in [0.15, 0.2) is 0 Å². The van der Waals surface area contributed by atoms with Crippen LogP contribution < -0.4 is 11.5 Å². The maximum Gasteiger partial charge on any atom is 0.239 e. The second-order valence-electron chi connectivity index (χ2n) is 9.61. The Morgan fingerprint density at radius 1 is 1.09 bits per heavy atom. The molecule has 2 amide bonds. The lowest BCUT2D eigenvalue weighted by molar-refractivity contribution is -0.142. The van der Waals surface area contributed by atoms with E-state index in [0.717, 1.165) is 19.3 Å². The number of nitrogens with zero attached hydrogens (tertiary/aromatic N) is 2. The SMILES string of the molecule is CC(=O)N1CCN(C(=O)[C@@H](N)CCCCN)CCCCOC[C@@H](O)[C@@H](O)[C@H](OCCC(C)C)C1. The number of hydrogen-bond acceptors (Lipinski definition) is 8. The van der Waals surface area contributed by atoms with Crippen LogP contribution >= 0.6 is 0 Å². The summed E-state index contributed by atoms with van der Waals surface area (Å²) in [5, 5.41) is 21.2. The first-order valence-corrected chi connectivity index (χ1v) is 12.7. The van der Waals surface area contributed by atoms with Gasteiger partial charge in [0.25, 0.3) is 0 Å². The summed E-state index contributed by atoms with van der Waals surface area (Å²) in [6.45, 7) is 8.20. The fourth-order valence-electron chi connectivity index (χ4n) is 3.81. The zero-order valence-corrected chi connectivity index (χ0v) is 21.4. The van der Waals surface area contributed by atoms with Gasteiger partial charge in [-0.25, -0.2) is 0 Å². The topological polar surface area (TPSA) is 152 Å². The summed E-state index contributed by atoms with van der Waals surface area (Å²) >= 11 is 0. The van der Waals surface area contributed by atoms with Crippen LogP contribution in [-0.2, 0) is 19.1 Å². The quantitative estimate of drug-likeness (QED) is 0.333. The van der Waals surface area contributed by atoms with E-state index in [9.17, 15) is 19.8 Å². The van der Waals surface area contributed by atoms with E-state index in [1.165, 1.54) is 6.92 Å². The number of rotatable bonds is 9. The van der Waals surface area contributed by atoms with Gasteiger partial charge in [0.05, 0.1) is 12.6 Å². The highest BCUT2D eigenvalue weighted by Gasteiger charge is 2.31. The zero-order valence-electron chi connectivity index (χ0n) is 21.4. The van der Waals surface area contributed by atoms with Gasteiger partial charge in [0.1, 0.15) is 18.3 Å². The fourth-order valence-corrected chi connectivity index (χ4v) is 3.81. The minimum Gasteiger partial charge on any atom is -0.388 e. The van der Waals surface area contributed by atoms with Crippen molar-refractivity contribution >= 4 is 11.8 Å². The molecule has 0 radical (unpaired) electrons. The number of ether oxygens (including phenoxy) is 2. The number of carbonyl (C=O) groups excluding carboxylic acids is 2. The van der Waals surface area contributed by atoms with Gasteiger partial charge in [-0.05, 0) is 44.6 Å². The van der Waals surface area contributed by atoms with E-state index in [4.69, 9.17) is 20.9 Å². The van der Waals surface area contributed by atoms with Crippen LogP contribution in [0.25, 0.3) is 0 Å². The van der Waals surface area contributed by atoms with Gasteiger partial charge < -0.3 is 41.0 Å². The lowest BCUT2D eigenvalue weighted by atomic mass is 10.1. The van der Waals surface area contributed by atoms with Crippen LogP contribution in [0.5, 0.6) is 0 Å². The first-order valence-electron chi connectivity index (χ1n) is 12.7. The van der Waals surface area contributed by atoms with Crippen molar-refractivity contribution in [2.75, 3.05) is 52.5 Å². The standard InChI is InChI=1S/C24H48N4O6/c1-18(2)9-15-34-22-16-28(19(3)29)13-12-27(24(32)20(26)8-4-5-10-25)11-6-7-14-33-17-21(30)23(22)31/h18,20-23,30-31H,4-17,25-26H2,1-3H3/t20-,21+,22+,23+/m0/s1. The van der Waals surface area contributed by atoms with E-state index in [2.05, 4.69) is 13.8 Å². The molecule has 1 aliphatic rings. The predicted octanol–water partition coefficient (Wildman–Crippen LogP) is 0.0833. The molecule has 6 N–H and O–H groups in total. The third-order valence-electron chi connectivity index (χ3n) is 6.14. The van der Waals surface area contributed by atoms with Gasteiger partial charge in [0, 0.05) is 46.3 Å². The van der Waals surface area contributed by atoms with Gasteiger partial charge in [-0.1, -0.05) is 20.3 Å². The third kappa shape index (κ3) is 11.9. The molecule has 10 nitrogen and oxygen atoms in total. The highest BCUT2D eigenvalue weighted by atomic mass is 16.5. The van der Waals surface area contributed by atoms with Crippen molar-refractivity contribution in [2.24, 2.45) is 17.4 Å². The van der Waals surface area contributed by atoms with Crippen molar-refractivity contribution in [3.63, 3.8) is 0 Å². The van der Waals surface area contributed by atoms with Crippen molar-refractivity contribution < 1.29 is 29.3 Å². The molecular formula is C24H48N4O6. The van der Waals surface area contributed by atoms with Crippen LogP contribution in [0.4, 0.5) is 0 Å². The van der Waals surface area contributed by atoms with Crippen molar-refractivity contribution in [1.82, 2.24) is 9.80 Å². The number of amides is 2. The molecule has 1 aliphatic heterocycles. The Bertz CT molecular complexity index is 580. The van der Waals surface area contributed by atoms with Crippen LogP contribution in [0.3, 0.4) is 0 Å². The number of aliphatic hydroxyl groups is 2. The van der Waals surface area contributed by atoms with E-state index in [0.29, 0.717) is 64.6 Å².